The highest BCUT2D eigenvalue weighted by Gasteiger charge is 2.23. The van der Waals surface area contributed by atoms with E-state index in [0.717, 1.165) is 36.4 Å². The van der Waals surface area contributed by atoms with Crippen molar-refractivity contribution < 1.29 is 4.79 Å². The predicted octanol–water partition coefficient (Wildman–Crippen LogP) is 4.68. The van der Waals surface area contributed by atoms with Crippen LogP contribution >= 0.6 is 23.6 Å². The molecule has 1 saturated heterocycles. The molecule has 0 unspecified atom stereocenters. The maximum absolute atomic E-state index is 13.3. The molecule has 1 fully saturated rings. The molecule has 1 amide bonds. The Kier molecular flexibility index (Phi) is 6.20. The van der Waals surface area contributed by atoms with Crippen LogP contribution in [0.25, 0.3) is 16.6 Å². The molecule has 0 aliphatic carbocycles. The second-order valence-corrected chi connectivity index (χ2v) is 10.1. The van der Waals surface area contributed by atoms with E-state index in [9.17, 15) is 9.59 Å². The van der Waals surface area contributed by atoms with Crippen LogP contribution in [0.15, 0.2) is 58.7 Å². The summed E-state index contributed by atoms with van der Waals surface area (Å²) in [4.78, 5) is 35.3. The second-order valence-electron chi connectivity index (χ2n) is 8.70. The predicted molar refractivity (Wildman–Crippen MR) is 140 cm³/mol. The molecule has 0 bridgehead atoms. The minimum Gasteiger partial charge on any atom is -0.336 e. The number of hydrogen-bond acceptors (Lipinski definition) is 5. The molecule has 6 nitrogen and oxygen atoms in total. The second kappa shape index (κ2) is 9.29. The number of nitrogens with zero attached hydrogens (tertiary/aromatic N) is 3. The lowest BCUT2D eigenvalue weighted by atomic mass is 10.1. The van der Waals surface area contributed by atoms with Crippen molar-refractivity contribution in [3.63, 3.8) is 0 Å². The molecule has 1 aliphatic heterocycles. The van der Waals surface area contributed by atoms with E-state index in [-0.39, 0.29) is 11.5 Å². The molecule has 2 aromatic carbocycles. The number of benzene rings is 2. The molecule has 34 heavy (non-hydrogen) atoms. The van der Waals surface area contributed by atoms with Gasteiger partial charge < -0.3 is 9.88 Å². The van der Waals surface area contributed by atoms with E-state index in [1.165, 1.54) is 9.44 Å². The van der Waals surface area contributed by atoms with Gasteiger partial charge >= 0.3 is 0 Å². The maximum atomic E-state index is 13.3. The summed E-state index contributed by atoms with van der Waals surface area (Å²) in [6.45, 7) is 7.99. The third kappa shape index (κ3) is 4.24. The number of fused-ring (bicyclic) bond motifs is 1. The first-order valence-corrected chi connectivity index (χ1v) is 12.6. The zero-order valence-electron chi connectivity index (χ0n) is 19.2. The highest BCUT2D eigenvalue weighted by molar-refractivity contribution is 7.71. The molecule has 2 aromatic heterocycles. The molecule has 1 N–H and O–H groups in total. The first-order chi connectivity index (χ1) is 16.4. The third-order valence-electron chi connectivity index (χ3n) is 6.58. The first-order valence-electron chi connectivity index (χ1n) is 11.3. The number of H-pyrrole nitrogens is 1. The Labute approximate surface area is 207 Å². The van der Waals surface area contributed by atoms with Crippen LogP contribution < -0.4 is 5.56 Å². The van der Waals surface area contributed by atoms with E-state index in [1.54, 1.807) is 29.5 Å². The number of hydrogen-bond donors (Lipinski definition) is 1. The van der Waals surface area contributed by atoms with Crippen molar-refractivity contribution in [1.82, 2.24) is 19.4 Å². The zero-order valence-corrected chi connectivity index (χ0v) is 20.8. The van der Waals surface area contributed by atoms with Gasteiger partial charge in [-0.05, 0) is 72.9 Å². The summed E-state index contributed by atoms with van der Waals surface area (Å²) in [6.07, 6.45) is 0. The van der Waals surface area contributed by atoms with Crippen LogP contribution in [0.2, 0.25) is 0 Å². The van der Waals surface area contributed by atoms with Crippen LogP contribution in [0.1, 0.15) is 26.4 Å². The molecular weight excluding hydrogens is 464 g/mol. The number of carbonyl (C=O) groups is 1. The number of amides is 1. The molecule has 0 spiro atoms. The van der Waals surface area contributed by atoms with E-state index < -0.39 is 0 Å². The van der Waals surface area contributed by atoms with Crippen LogP contribution in [-0.4, -0.2) is 51.4 Å². The van der Waals surface area contributed by atoms with Gasteiger partial charge in [0.1, 0.15) is 0 Å². The number of piperazine rings is 1. The van der Waals surface area contributed by atoms with Gasteiger partial charge in [-0.2, -0.15) is 0 Å². The lowest BCUT2D eigenvalue weighted by Crippen LogP contribution is -2.48. The number of aryl methyl sites for hydroxylation is 1. The van der Waals surface area contributed by atoms with Crippen LogP contribution in [0.3, 0.4) is 0 Å². The monoisotopic (exact) mass is 490 g/mol. The first kappa shape index (κ1) is 22.7. The molecule has 5 rings (SSSR count). The molecule has 174 valence electrons. The Hall–Kier alpha value is -3.07. The van der Waals surface area contributed by atoms with Crippen molar-refractivity contribution in [3.05, 3.63) is 90.6 Å². The summed E-state index contributed by atoms with van der Waals surface area (Å²) >= 11 is 7.32. The normalized spacial score (nSPS) is 14.6. The van der Waals surface area contributed by atoms with Gasteiger partial charge in [-0.15, -0.1) is 11.3 Å². The average Bonchev–Trinajstić information content (AvgIpc) is 3.34. The summed E-state index contributed by atoms with van der Waals surface area (Å²) in [7, 11) is 0. The topological polar surface area (TPSA) is 61.3 Å². The number of aromatic nitrogens is 2. The van der Waals surface area contributed by atoms with Gasteiger partial charge in [-0.3, -0.25) is 19.1 Å². The fourth-order valence-corrected chi connectivity index (χ4v) is 5.50. The highest BCUT2D eigenvalue weighted by atomic mass is 32.1. The number of carbonyl (C=O) groups excluding carboxylic acids is 1. The van der Waals surface area contributed by atoms with E-state index in [2.05, 4.69) is 27.4 Å². The lowest BCUT2D eigenvalue weighted by Gasteiger charge is -2.34. The van der Waals surface area contributed by atoms with E-state index in [0.29, 0.717) is 34.3 Å². The molecular formula is C26H26N4O2S2. The molecule has 0 radical (unpaired) electrons. The van der Waals surface area contributed by atoms with Crippen LogP contribution in [0.4, 0.5) is 0 Å². The number of aromatic amines is 1. The highest BCUT2D eigenvalue weighted by Crippen LogP contribution is 2.20. The van der Waals surface area contributed by atoms with Gasteiger partial charge in [0.25, 0.3) is 11.5 Å². The van der Waals surface area contributed by atoms with Gasteiger partial charge in [0.05, 0.1) is 16.6 Å². The van der Waals surface area contributed by atoms with Crippen LogP contribution in [0, 0.1) is 18.6 Å². The quantitative estimate of drug-likeness (QED) is 0.422. The number of rotatable bonds is 4. The minimum atomic E-state index is -0.186. The lowest BCUT2D eigenvalue weighted by molar-refractivity contribution is 0.0630. The summed E-state index contributed by atoms with van der Waals surface area (Å²) in [6, 6.07) is 15.3. The van der Waals surface area contributed by atoms with Gasteiger partial charge in [0, 0.05) is 43.2 Å². The Bertz CT molecular complexity index is 1480. The van der Waals surface area contributed by atoms with Crippen molar-refractivity contribution in [2.24, 2.45) is 0 Å². The number of nitrogens with one attached hydrogen (secondary N) is 1. The zero-order chi connectivity index (χ0) is 23.8. The fraction of sp³-hybridized carbons (Fsp3) is 0.269. The molecule has 3 heterocycles. The van der Waals surface area contributed by atoms with E-state index >= 15 is 0 Å². The summed E-state index contributed by atoms with van der Waals surface area (Å²) in [5.74, 6) is -0.0179. The van der Waals surface area contributed by atoms with Gasteiger partial charge in [0.15, 0.2) is 4.77 Å². The number of thiophene rings is 1. The summed E-state index contributed by atoms with van der Waals surface area (Å²) in [5, 5.41) is 2.60. The SMILES string of the molecule is Cc1cccc(-n2c(=S)[nH]c3cc(C(=O)N4CCN(Cc5cccs5)CC4)ccc3c2=O)c1C. The molecule has 0 saturated carbocycles. The average molecular weight is 491 g/mol. The van der Waals surface area contributed by atoms with E-state index in [1.807, 2.05) is 36.9 Å². The van der Waals surface area contributed by atoms with Crippen molar-refractivity contribution in [2.75, 3.05) is 26.2 Å². The molecule has 8 heteroatoms. The Morgan fingerprint density at radius 1 is 1.06 bits per heavy atom. The van der Waals surface area contributed by atoms with Gasteiger partial charge in [-0.1, -0.05) is 18.2 Å². The Morgan fingerprint density at radius 2 is 1.85 bits per heavy atom. The minimum absolute atomic E-state index is 0.0179. The van der Waals surface area contributed by atoms with Crippen molar-refractivity contribution >= 4 is 40.4 Å². The molecule has 1 aliphatic rings. The van der Waals surface area contributed by atoms with E-state index in [4.69, 9.17) is 12.2 Å². The Balaban J connectivity index is 1.39. The van der Waals surface area contributed by atoms with Crippen molar-refractivity contribution in [2.45, 2.75) is 20.4 Å². The standard InChI is InChI=1S/C26H26N4O2S2/c1-17-5-3-7-23(18(17)2)30-25(32)21-9-8-19(15-22(21)27-26(30)33)24(31)29-12-10-28(11-13-29)16-20-6-4-14-34-20/h3-9,14-15H,10-13,16H2,1-2H3,(H,27,33). The molecule has 0 atom stereocenters. The Morgan fingerprint density at radius 3 is 2.59 bits per heavy atom. The third-order valence-corrected chi connectivity index (χ3v) is 7.73. The van der Waals surface area contributed by atoms with Crippen LogP contribution in [-0.2, 0) is 6.54 Å². The van der Waals surface area contributed by atoms with Crippen molar-refractivity contribution in [1.29, 1.82) is 0 Å². The summed E-state index contributed by atoms with van der Waals surface area (Å²) in [5.41, 5.74) is 3.83. The molecule has 4 aromatic rings. The maximum Gasteiger partial charge on any atom is 0.266 e. The van der Waals surface area contributed by atoms with Gasteiger partial charge in [0.2, 0.25) is 0 Å². The van der Waals surface area contributed by atoms with Crippen LogP contribution in [0.5, 0.6) is 0 Å². The smallest absolute Gasteiger partial charge is 0.266 e. The van der Waals surface area contributed by atoms with Crippen molar-refractivity contribution in [3.8, 4) is 5.69 Å². The fourth-order valence-electron chi connectivity index (χ4n) is 4.46. The summed E-state index contributed by atoms with van der Waals surface area (Å²) < 4.78 is 1.85. The largest absolute Gasteiger partial charge is 0.336 e. The van der Waals surface area contributed by atoms with Gasteiger partial charge in [-0.25, -0.2) is 0 Å².